The van der Waals surface area contributed by atoms with Crippen molar-refractivity contribution in [2.45, 2.75) is 91.8 Å². The number of ether oxygens (including phenoxy) is 1. The van der Waals surface area contributed by atoms with Gasteiger partial charge in [0.15, 0.2) is 0 Å². The summed E-state index contributed by atoms with van der Waals surface area (Å²) < 4.78 is 5.27. The van der Waals surface area contributed by atoms with E-state index in [0.29, 0.717) is 12.5 Å². The number of rotatable bonds is 10. The van der Waals surface area contributed by atoms with Gasteiger partial charge in [0.2, 0.25) is 11.8 Å². The first kappa shape index (κ1) is 26.7. The molecule has 0 spiro atoms. The van der Waals surface area contributed by atoms with Gasteiger partial charge < -0.3 is 20.3 Å². The first-order valence-electron chi connectivity index (χ1n) is 12.1. The van der Waals surface area contributed by atoms with Crippen LogP contribution in [0, 0.1) is 19.8 Å². The quantitative estimate of drug-likeness (QED) is 0.507. The van der Waals surface area contributed by atoms with Gasteiger partial charge in [0.25, 0.3) is 0 Å². The molecule has 2 rings (SSSR count). The molecule has 0 aromatic heterocycles. The topological polar surface area (TPSA) is 87.7 Å². The monoisotopic (exact) mass is 459 g/mol. The van der Waals surface area contributed by atoms with Gasteiger partial charge in [-0.05, 0) is 64.5 Å². The van der Waals surface area contributed by atoms with Crippen molar-refractivity contribution in [1.29, 1.82) is 0 Å². The van der Waals surface area contributed by atoms with E-state index in [9.17, 15) is 14.4 Å². The zero-order chi connectivity index (χ0) is 24.8. The number of alkyl carbamates (subject to hydrolysis) is 1. The summed E-state index contributed by atoms with van der Waals surface area (Å²) in [6.07, 6.45) is 3.19. The maximum absolute atomic E-state index is 13.5. The van der Waals surface area contributed by atoms with E-state index in [2.05, 4.69) is 24.5 Å². The minimum atomic E-state index is -0.741. The molecule has 1 fully saturated rings. The van der Waals surface area contributed by atoms with Crippen LogP contribution in [0.1, 0.15) is 83.0 Å². The summed E-state index contributed by atoms with van der Waals surface area (Å²) in [6.45, 7) is 13.8. The maximum atomic E-state index is 13.5. The average molecular weight is 460 g/mol. The molecule has 1 aromatic rings. The van der Waals surface area contributed by atoms with Gasteiger partial charge in [-0.3, -0.25) is 9.59 Å². The molecule has 2 N–H and O–H groups in total. The molecule has 3 amide bonds. The Balaban J connectivity index is 2.30. The minimum absolute atomic E-state index is 0.0377. The van der Waals surface area contributed by atoms with E-state index in [0.717, 1.165) is 42.4 Å². The van der Waals surface area contributed by atoms with Crippen molar-refractivity contribution in [2.24, 2.45) is 5.92 Å². The van der Waals surface area contributed by atoms with Crippen LogP contribution >= 0.6 is 0 Å². The third kappa shape index (κ3) is 8.06. The third-order valence-electron chi connectivity index (χ3n) is 5.83. The number of hydrogen-bond acceptors (Lipinski definition) is 4. The molecule has 0 heterocycles. The Labute approximate surface area is 198 Å². The molecule has 1 aliphatic rings. The van der Waals surface area contributed by atoms with Gasteiger partial charge in [0, 0.05) is 12.6 Å². The highest BCUT2D eigenvalue weighted by Gasteiger charge is 2.46. The molecule has 1 aromatic carbocycles. The van der Waals surface area contributed by atoms with Crippen molar-refractivity contribution in [2.75, 3.05) is 13.1 Å². The second kappa shape index (κ2) is 11.5. The van der Waals surface area contributed by atoms with Crippen LogP contribution in [0.15, 0.2) is 18.2 Å². The molecule has 0 bridgehead atoms. The van der Waals surface area contributed by atoms with Gasteiger partial charge in [0.05, 0.1) is 0 Å². The molecular weight excluding hydrogens is 418 g/mol. The fraction of sp³-hybridized carbons (Fsp3) is 0.654. The molecule has 1 aliphatic carbocycles. The predicted molar refractivity (Wildman–Crippen MR) is 130 cm³/mol. The Bertz CT molecular complexity index is 846. The predicted octanol–water partition coefficient (Wildman–Crippen LogP) is 4.41. The molecular formula is C26H41N3O4. The zero-order valence-corrected chi connectivity index (χ0v) is 21.3. The lowest BCUT2D eigenvalue weighted by Crippen LogP contribution is -2.49. The molecule has 7 heteroatoms. The average Bonchev–Trinajstić information content (AvgIpc) is 3.44. The van der Waals surface area contributed by atoms with Crippen LogP contribution < -0.4 is 10.6 Å². The van der Waals surface area contributed by atoms with Crippen molar-refractivity contribution in [1.82, 2.24) is 15.5 Å². The number of hydrogen-bond donors (Lipinski definition) is 2. The number of nitrogens with zero attached hydrogens (tertiary/aromatic N) is 1. The van der Waals surface area contributed by atoms with E-state index >= 15 is 0 Å². The molecule has 184 valence electrons. The number of carbonyl (C=O) groups is 3. The van der Waals surface area contributed by atoms with Gasteiger partial charge in [0.1, 0.15) is 18.2 Å². The summed E-state index contributed by atoms with van der Waals surface area (Å²) in [5, 5.41) is 5.61. The molecule has 33 heavy (non-hydrogen) atoms. The van der Waals surface area contributed by atoms with Gasteiger partial charge in [-0.15, -0.1) is 0 Å². The lowest BCUT2D eigenvalue weighted by molar-refractivity contribution is -0.141. The van der Waals surface area contributed by atoms with Crippen molar-refractivity contribution in [3.8, 4) is 0 Å². The number of carbonyl (C=O) groups excluding carboxylic acids is 3. The van der Waals surface area contributed by atoms with Crippen molar-refractivity contribution in [3.05, 3.63) is 34.9 Å². The molecule has 7 nitrogen and oxygen atoms in total. The third-order valence-corrected chi connectivity index (χ3v) is 5.83. The molecule has 3 unspecified atom stereocenters. The number of amides is 3. The van der Waals surface area contributed by atoms with Crippen LogP contribution in [0.25, 0.3) is 0 Å². The standard InChI is InChI=1S/C26H41N3O4/c1-8-9-10-13-27-24(31)23(20-14-17(2)11-12-18(20)3)29(21-15-19(21)4)22(30)16-28-25(32)33-26(5,6)7/h11-12,14,19,21,23H,8-10,13,15-16H2,1-7H3,(H,27,31)(H,28,32). The minimum Gasteiger partial charge on any atom is -0.444 e. The summed E-state index contributed by atoms with van der Waals surface area (Å²) in [6, 6.07) is 5.20. The summed E-state index contributed by atoms with van der Waals surface area (Å²) in [5.74, 6) is -0.162. The second-order valence-electron chi connectivity index (χ2n) is 10.2. The van der Waals surface area contributed by atoms with Crippen LogP contribution in [0.4, 0.5) is 4.79 Å². The lowest BCUT2D eigenvalue weighted by atomic mass is 9.96. The van der Waals surface area contributed by atoms with E-state index < -0.39 is 17.7 Å². The fourth-order valence-corrected chi connectivity index (χ4v) is 3.92. The van der Waals surface area contributed by atoms with Crippen molar-refractivity contribution in [3.63, 3.8) is 0 Å². The maximum Gasteiger partial charge on any atom is 0.408 e. The van der Waals surface area contributed by atoms with E-state index in [1.807, 2.05) is 32.0 Å². The molecule has 3 atom stereocenters. The Morgan fingerprint density at radius 2 is 1.82 bits per heavy atom. The Morgan fingerprint density at radius 1 is 1.15 bits per heavy atom. The van der Waals surface area contributed by atoms with E-state index in [4.69, 9.17) is 4.74 Å². The second-order valence-corrected chi connectivity index (χ2v) is 10.2. The highest BCUT2D eigenvalue weighted by atomic mass is 16.6. The fourth-order valence-electron chi connectivity index (χ4n) is 3.92. The van der Waals surface area contributed by atoms with Crippen LogP contribution in [-0.2, 0) is 14.3 Å². The van der Waals surface area contributed by atoms with Crippen LogP contribution in [0.5, 0.6) is 0 Å². The van der Waals surface area contributed by atoms with E-state index in [-0.39, 0.29) is 24.4 Å². The molecule has 0 saturated heterocycles. The SMILES string of the molecule is CCCCCNC(=O)C(c1cc(C)ccc1C)N(C(=O)CNC(=O)OC(C)(C)C)C1CC1C. The molecule has 1 saturated carbocycles. The van der Waals surface area contributed by atoms with Crippen molar-refractivity contribution < 1.29 is 19.1 Å². The summed E-state index contributed by atoms with van der Waals surface area (Å²) >= 11 is 0. The summed E-state index contributed by atoms with van der Waals surface area (Å²) in [5.41, 5.74) is 2.16. The van der Waals surface area contributed by atoms with Gasteiger partial charge >= 0.3 is 6.09 Å². The molecule has 0 aliphatic heterocycles. The smallest absolute Gasteiger partial charge is 0.408 e. The van der Waals surface area contributed by atoms with E-state index in [1.54, 1.807) is 25.7 Å². The van der Waals surface area contributed by atoms with Crippen LogP contribution in [-0.4, -0.2) is 47.5 Å². The summed E-state index contributed by atoms with van der Waals surface area (Å²) in [7, 11) is 0. The largest absolute Gasteiger partial charge is 0.444 e. The normalized spacial score (nSPS) is 18.3. The van der Waals surface area contributed by atoms with Crippen LogP contribution in [0.3, 0.4) is 0 Å². The first-order chi connectivity index (χ1) is 15.4. The Kier molecular flexibility index (Phi) is 9.32. The number of nitrogens with one attached hydrogen (secondary N) is 2. The summed E-state index contributed by atoms with van der Waals surface area (Å²) in [4.78, 5) is 40.7. The zero-order valence-electron chi connectivity index (χ0n) is 21.3. The van der Waals surface area contributed by atoms with Gasteiger partial charge in [-0.1, -0.05) is 50.5 Å². The number of unbranched alkanes of at least 4 members (excludes halogenated alkanes) is 2. The Hall–Kier alpha value is -2.57. The number of benzene rings is 1. The van der Waals surface area contributed by atoms with Crippen molar-refractivity contribution >= 4 is 17.9 Å². The lowest BCUT2D eigenvalue weighted by Gasteiger charge is -2.33. The number of aryl methyl sites for hydroxylation is 2. The molecule has 0 radical (unpaired) electrons. The highest BCUT2D eigenvalue weighted by Crippen LogP contribution is 2.41. The Morgan fingerprint density at radius 3 is 2.39 bits per heavy atom. The highest BCUT2D eigenvalue weighted by molar-refractivity contribution is 5.91. The van der Waals surface area contributed by atoms with Crippen LogP contribution in [0.2, 0.25) is 0 Å². The van der Waals surface area contributed by atoms with E-state index in [1.165, 1.54) is 0 Å². The van der Waals surface area contributed by atoms with Gasteiger partial charge in [-0.2, -0.15) is 0 Å². The van der Waals surface area contributed by atoms with Gasteiger partial charge in [-0.25, -0.2) is 4.79 Å². The first-order valence-corrected chi connectivity index (χ1v) is 12.1.